The molecule has 0 bridgehead atoms. The number of ether oxygens (including phenoxy) is 2. The number of carbonyl (C=O) groups is 1. The van der Waals surface area contributed by atoms with Gasteiger partial charge in [-0.15, -0.1) is 0 Å². The highest BCUT2D eigenvalue weighted by Gasteiger charge is 2.09. The van der Waals surface area contributed by atoms with Crippen LogP contribution in [0.4, 0.5) is 23.7 Å². The number of methoxy groups -OCH3 is 1. The molecule has 1 N–H and O–H groups in total. The van der Waals surface area contributed by atoms with Gasteiger partial charge in [-0.2, -0.15) is 0 Å². The smallest absolute Gasteiger partial charge is 0.411 e. The van der Waals surface area contributed by atoms with E-state index in [4.69, 9.17) is 4.74 Å². The van der Waals surface area contributed by atoms with Gasteiger partial charge in [-0.25, -0.2) is 18.0 Å². The van der Waals surface area contributed by atoms with E-state index < -0.39 is 23.5 Å². The molecule has 4 nitrogen and oxygen atoms in total. The van der Waals surface area contributed by atoms with Crippen molar-refractivity contribution in [3.63, 3.8) is 0 Å². The van der Waals surface area contributed by atoms with Crippen LogP contribution in [0.15, 0.2) is 36.4 Å². The van der Waals surface area contributed by atoms with E-state index in [9.17, 15) is 18.0 Å². The summed E-state index contributed by atoms with van der Waals surface area (Å²) in [5.41, 5.74) is -0.0977. The molecule has 7 heteroatoms. The van der Waals surface area contributed by atoms with E-state index in [2.05, 4.69) is 10.1 Å². The lowest BCUT2D eigenvalue weighted by Crippen LogP contribution is -2.12. The minimum Gasteiger partial charge on any atom is -0.457 e. The molecular formula is C14H10F3NO3. The molecule has 0 heterocycles. The second-order valence-corrected chi connectivity index (χ2v) is 3.94. The molecule has 110 valence electrons. The summed E-state index contributed by atoms with van der Waals surface area (Å²) >= 11 is 0. The average molecular weight is 297 g/mol. The second kappa shape index (κ2) is 6.17. The zero-order valence-corrected chi connectivity index (χ0v) is 10.8. The summed E-state index contributed by atoms with van der Waals surface area (Å²) in [6, 6.07) is 6.54. The molecular weight excluding hydrogens is 287 g/mol. The van der Waals surface area contributed by atoms with Crippen molar-refractivity contribution in [2.24, 2.45) is 0 Å². The monoisotopic (exact) mass is 297 g/mol. The van der Waals surface area contributed by atoms with E-state index in [0.29, 0.717) is 0 Å². The topological polar surface area (TPSA) is 47.6 Å². The van der Waals surface area contributed by atoms with Gasteiger partial charge in [-0.05, 0) is 24.3 Å². The molecule has 2 rings (SSSR count). The highest BCUT2D eigenvalue weighted by atomic mass is 19.2. The van der Waals surface area contributed by atoms with Crippen LogP contribution in [0.1, 0.15) is 0 Å². The molecule has 0 aliphatic heterocycles. The van der Waals surface area contributed by atoms with Crippen molar-refractivity contribution in [3.05, 3.63) is 53.8 Å². The predicted octanol–water partition coefficient (Wildman–Crippen LogP) is 4.07. The standard InChI is InChI=1S/C14H10F3NO3/c1-20-14(19)18-13-5-3-9(7-12(13)17)21-8-2-4-10(15)11(16)6-8/h2-7H,1H3,(H,18,19). The molecule has 0 aliphatic carbocycles. The fourth-order valence-corrected chi connectivity index (χ4v) is 1.50. The number of amides is 1. The van der Waals surface area contributed by atoms with E-state index in [1.807, 2.05) is 0 Å². The van der Waals surface area contributed by atoms with Crippen molar-refractivity contribution in [2.75, 3.05) is 12.4 Å². The van der Waals surface area contributed by atoms with Gasteiger partial charge in [0.15, 0.2) is 17.5 Å². The first-order valence-electron chi connectivity index (χ1n) is 5.77. The van der Waals surface area contributed by atoms with Gasteiger partial charge in [0.2, 0.25) is 0 Å². The molecule has 0 saturated heterocycles. The van der Waals surface area contributed by atoms with Gasteiger partial charge in [-0.1, -0.05) is 0 Å². The maximum absolute atomic E-state index is 13.7. The fourth-order valence-electron chi connectivity index (χ4n) is 1.50. The first kappa shape index (κ1) is 14.7. The molecule has 0 unspecified atom stereocenters. The Balaban J connectivity index is 2.16. The Bertz CT molecular complexity index is 677. The summed E-state index contributed by atoms with van der Waals surface area (Å²) in [5, 5.41) is 2.17. The third-order valence-electron chi connectivity index (χ3n) is 2.49. The predicted molar refractivity (Wildman–Crippen MR) is 68.9 cm³/mol. The van der Waals surface area contributed by atoms with Crippen LogP contribution < -0.4 is 10.1 Å². The Kier molecular flexibility index (Phi) is 4.32. The fraction of sp³-hybridized carbons (Fsp3) is 0.0714. The van der Waals surface area contributed by atoms with Crippen LogP contribution in [0.3, 0.4) is 0 Å². The molecule has 1 amide bonds. The summed E-state index contributed by atoms with van der Waals surface area (Å²) in [6.07, 6.45) is -0.817. The molecule has 0 fully saturated rings. The van der Waals surface area contributed by atoms with Gasteiger partial charge < -0.3 is 9.47 Å². The molecule has 0 atom stereocenters. The lowest BCUT2D eigenvalue weighted by molar-refractivity contribution is 0.186. The zero-order chi connectivity index (χ0) is 15.4. The van der Waals surface area contributed by atoms with Crippen molar-refractivity contribution >= 4 is 11.8 Å². The Morgan fingerprint density at radius 2 is 1.57 bits per heavy atom. The average Bonchev–Trinajstić information content (AvgIpc) is 2.45. The Morgan fingerprint density at radius 3 is 2.14 bits per heavy atom. The third-order valence-corrected chi connectivity index (χ3v) is 2.49. The Morgan fingerprint density at radius 1 is 0.952 bits per heavy atom. The molecule has 0 spiro atoms. The van der Waals surface area contributed by atoms with E-state index in [-0.39, 0.29) is 17.2 Å². The van der Waals surface area contributed by atoms with Crippen LogP contribution >= 0.6 is 0 Å². The van der Waals surface area contributed by atoms with Gasteiger partial charge in [0.05, 0.1) is 12.8 Å². The minimum atomic E-state index is -1.07. The first-order chi connectivity index (χ1) is 9.99. The van der Waals surface area contributed by atoms with Gasteiger partial charge in [-0.3, -0.25) is 5.32 Å². The number of carbonyl (C=O) groups excluding carboxylic acids is 1. The van der Waals surface area contributed by atoms with Gasteiger partial charge in [0.1, 0.15) is 11.5 Å². The lowest BCUT2D eigenvalue weighted by atomic mass is 10.3. The van der Waals surface area contributed by atoms with Crippen LogP contribution in [0.2, 0.25) is 0 Å². The van der Waals surface area contributed by atoms with Crippen LogP contribution in [0.5, 0.6) is 11.5 Å². The second-order valence-electron chi connectivity index (χ2n) is 3.94. The minimum absolute atomic E-state index is 0.0157. The summed E-state index contributed by atoms with van der Waals surface area (Å²) in [4.78, 5) is 11.0. The maximum atomic E-state index is 13.7. The number of halogens is 3. The number of rotatable bonds is 3. The Labute approximate surface area is 118 Å². The van der Waals surface area contributed by atoms with E-state index in [1.54, 1.807) is 0 Å². The van der Waals surface area contributed by atoms with Gasteiger partial charge in [0.25, 0.3) is 0 Å². The van der Waals surface area contributed by atoms with Crippen LogP contribution in [-0.4, -0.2) is 13.2 Å². The van der Waals surface area contributed by atoms with Crippen LogP contribution in [-0.2, 0) is 4.74 Å². The third kappa shape index (κ3) is 3.65. The summed E-state index contributed by atoms with van der Waals surface area (Å²) in [7, 11) is 1.15. The van der Waals surface area contributed by atoms with Gasteiger partial charge >= 0.3 is 6.09 Å². The SMILES string of the molecule is COC(=O)Nc1ccc(Oc2ccc(F)c(F)c2)cc1F. The molecule has 2 aromatic rings. The number of benzene rings is 2. The number of nitrogens with one attached hydrogen (secondary N) is 1. The van der Waals surface area contributed by atoms with Crippen molar-refractivity contribution in [3.8, 4) is 11.5 Å². The number of hydrogen-bond acceptors (Lipinski definition) is 3. The molecule has 2 aromatic carbocycles. The van der Waals surface area contributed by atoms with Crippen molar-refractivity contribution in [1.29, 1.82) is 0 Å². The van der Waals surface area contributed by atoms with E-state index >= 15 is 0 Å². The van der Waals surface area contributed by atoms with Crippen LogP contribution in [0.25, 0.3) is 0 Å². The highest BCUT2D eigenvalue weighted by molar-refractivity contribution is 5.84. The van der Waals surface area contributed by atoms with Crippen molar-refractivity contribution in [1.82, 2.24) is 0 Å². The molecule has 0 saturated carbocycles. The quantitative estimate of drug-likeness (QED) is 0.928. The van der Waals surface area contributed by atoms with Crippen molar-refractivity contribution in [2.45, 2.75) is 0 Å². The van der Waals surface area contributed by atoms with E-state index in [0.717, 1.165) is 25.3 Å². The van der Waals surface area contributed by atoms with E-state index in [1.165, 1.54) is 18.2 Å². The normalized spacial score (nSPS) is 10.1. The lowest BCUT2D eigenvalue weighted by Gasteiger charge is -2.09. The molecule has 0 aliphatic rings. The first-order valence-corrected chi connectivity index (χ1v) is 5.77. The number of anilines is 1. The summed E-state index contributed by atoms with van der Waals surface area (Å²) < 4.78 is 49.0. The zero-order valence-electron chi connectivity index (χ0n) is 10.8. The molecule has 21 heavy (non-hydrogen) atoms. The largest absolute Gasteiger partial charge is 0.457 e. The van der Waals surface area contributed by atoms with Crippen LogP contribution in [0, 0.1) is 17.5 Å². The maximum Gasteiger partial charge on any atom is 0.411 e. The number of hydrogen-bond donors (Lipinski definition) is 1. The van der Waals surface area contributed by atoms with Gasteiger partial charge in [0, 0.05) is 12.1 Å². The highest BCUT2D eigenvalue weighted by Crippen LogP contribution is 2.26. The molecule has 0 radical (unpaired) electrons. The summed E-state index contributed by atoms with van der Waals surface area (Å²) in [5.74, 6) is -2.76. The van der Waals surface area contributed by atoms with Crippen molar-refractivity contribution < 1.29 is 27.4 Å². The molecule has 0 aromatic heterocycles. The summed E-state index contributed by atoms with van der Waals surface area (Å²) in [6.45, 7) is 0. The Hall–Kier alpha value is -2.70.